The lowest BCUT2D eigenvalue weighted by atomic mass is 10.0. The summed E-state index contributed by atoms with van der Waals surface area (Å²) in [5, 5.41) is 11.1. The first kappa shape index (κ1) is 17.3. The molecule has 0 saturated heterocycles. The number of alkyl halides is 3. The van der Waals surface area contributed by atoms with Gasteiger partial charge in [-0.3, -0.25) is 14.9 Å². The fraction of sp³-hybridized carbons (Fsp3) is 0.417. The van der Waals surface area contributed by atoms with E-state index in [4.69, 9.17) is 4.74 Å². The van der Waals surface area contributed by atoms with Gasteiger partial charge in [0.25, 0.3) is 5.69 Å². The average Bonchev–Trinajstić information content (AvgIpc) is 2.37. The predicted molar refractivity (Wildman–Crippen MR) is 72.7 cm³/mol. The Labute approximate surface area is 127 Å². The van der Waals surface area contributed by atoms with Crippen molar-refractivity contribution in [2.45, 2.75) is 25.3 Å². The van der Waals surface area contributed by atoms with Crippen LogP contribution in [-0.2, 0) is 21.3 Å². The summed E-state index contributed by atoms with van der Waals surface area (Å²) in [4.78, 5) is 21.8. The van der Waals surface area contributed by atoms with Crippen molar-refractivity contribution < 1.29 is 28.0 Å². The molecular weight excluding hydrogens is 356 g/mol. The summed E-state index contributed by atoms with van der Waals surface area (Å²) in [5.74, 6) is -0.983. The minimum atomic E-state index is -3.12. The van der Waals surface area contributed by atoms with Crippen molar-refractivity contribution >= 4 is 27.6 Å². The molecule has 0 aromatic heterocycles. The second kappa shape index (κ2) is 7.87. The number of nitro groups is 1. The van der Waals surface area contributed by atoms with Gasteiger partial charge >= 0.3 is 12.6 Å². The molecule has 1 aromatic carbocycles. The number of benzene rings is 1. The van der Waals surface area contributed by atoms with E-state index in [0.29, 0.717) is 0 Å². The summed E-state index contributed by atoms with van der Waals surface area (Å²) in [7, 11) is 0. The van der Waals surface area contributed by atoms with Gasteiger partial charge in [-0.15, -0.1) is 0 Å². The number of ether oxygens (including phenoxy) is 2. The fourth-order valence-corrected chi connectivity index (χ4v) is 2.35. The molecule has 0 saturated carbocycles. The average molecular weight is 368 g/mol. The van der Waals surface area contributed by atoms with Crippen LogP contribution < -0.4 is 4.74 Å². The molecule has 0 amide bonds. The monoisotopic (exact) mass is 367 g/mol. The summed E-state index contributed by atoms with van der Waals surface area (Å²) < 4.78 is 33.5. The second-order valence-electron chi connectivity index (χ2n) is 3.83. The van der Waals surface area contributed by atoms with Crippen molar-refractivity contribution in [1.29, 1.82) is 0 Å². The SMILES string of the molecule is CCOC(=O)Cc1cc(OC(F)F)cc([N+](=O)[O-])c1CBr. The largest absolute Gasteiger partial charge is 0.466 e. The van der Waals surface area contributed by atoms with Gasteiger partial charge in [-0.1, -0.05) is 15.9 Å². The zero-order valence-electron chi connectivity index (χ0n) is 11.0. The third-order valence-corrected chi connectivity index (χ3v) is 3.05. The third-order valence-electron chi connectivity index (χ3n) is 2.49. The Kier molecular flexibility index (Phi) is 6.47. The highest BCUT2D eigenvalue weighted by Crippen LogP contribution is 2.31. The van der Waals surface area contributed by atoms with Gasteiger partial charge in [0.15, 0.2) is 0 Å². The van der Waals surface area contributed by atoms with Crippen molar-refractivity contribution in [3.8, 4) is 5.75 Å². The van der Waals surface area contributed by atoms with Crippen LogP contribution in [0.5, 0.6) is 5.75 Å². The zero-order valence-corrected chi connectivity index (χ0v) is 12.6. The Morgan fingerprint density at radius 1 is 1.48 bits per heavy atom. The van der Waals surface area contributed by atoms with Crippen LogP contribution in [0.3, 0.4) is 0 Å². The van der Waals surface area contributed by atoms with Gasteiger partial charge < -0.3 is 9.47 Å². The molecule has 0 radical (unpaired) electrons. The van der Waals surface area contributed by atoms with Crippen LogP contribution in [0.4, 0.5) is 14.5 Å². The number of hydrogen-bond donors (Lipinski definition) is 0. The van der Waals surface area contributed by atoms with E-state index in [1.807, 2.05) is 0 Å². The van der Waals surface area contributed by atoms with E-state index in [1.54, 1.807) is 6.92 Å². The maximum Gasteiger partial charge on any atom is 0.387 e. The molecule has 0 heterocycles. The standard InChI is InChI=1S/C12H12BrF2NO5/c1-2-20-11(17)4-7-3-8(21-12(14)15)5-10(16(18)19)9(7)6-13/h3,5,12H,2,4,6H2,1H3. The van der Waals surface area contributed by atoms with E-state index in [-0.39, 0.29) is 35.2 Å². The topological polar surface area (TPSA) is 78.7 Å². The van der Waals surface area contributed by atoms with Gasteiger partial charge in [0, 0.05) is 10.9 Å². The highest BCUT2D eigenvalue weighted by Gasteiger charge is 2.22. The van der Waals surface area contributed by atoms with Gasteiger partial charge in [-0.2, -0.15) is 8.78 Å². The van der Waals surface area contributed by atoms with Gasteiger partial charge in [0.1, 0.15) is 5.75 Å². The maximum absolute atomic E-state index is 12.3. The molecule has 0 unspecified atom stereocenters. The maximum atomic E-state index is 12.3. The van der Waals surface area contributed by atoms with Crippen LogP contribution >= 0.6 is 15.9 Å². The Morgan fingerprint density at radius 2 is 2.14 bits per heavy atom. The number of rotatable bonds is 7. The first-order valence-electron chi connectivity index (χ1n) is 5.85. The smallest absolute Gasteiger partial charge is 0.387 e. The first-order chi connectivity index (χ1) is 9.88. The van der Waals surface area contributed by atoms with E-state index in [1.165, 1.54) is 6.07 Å². The van der Waals surface area contributed by atoms with Crippen molar-refractivity contribution in [2.75, 3.05) is 6.61 Å². The summed E-state index contributed by atoms with van der Waals surface area (Å²) in [6.07, 6.45) is -0.268. The molecule has 116 valence electrons. The molecule has 0 spiro atoms. The highest BCUT2D eigenvalue weighted by atomic mass is 79.9. The molecule has 0 N–H and O–H groups in total. The van der Waals surface area contributed by atoms with Crippen LogP contribution in [0.2, 0.25) is 0 Å². The zero-order chi connectivity index (χ0) is 16.0. The molecule has 0 aliphatic carbocycles. The number of carbonyl (C=O) groups is 1. The number of nitrogens with zero attached hydrogens (tertiary/aromatic N) is 1. The molecule has 1 rings (SSSR count). The Morgan fingerprint density at radius 3 is 2.62 bits per heavy atom. The number of esters is 1. The Hall–Kier alpha value is -1.77. The summed E-state index contributed by atoms with van der Waals surface area (Å²) in [6.45, 7) is -1.35. The molecule has 0 atom stereocenters. The summed E-state index contributed by atoms with van der Waals surface area (Å²) in [5.41, 5.74) is 0.0224. The van der Waals surface area contributed by atoms with Crippen LogP contribution in [0.15, 0.2) is 12.1 Å². The molecule has 0 aliphatic heterocycles. The summed E-state index contributed by atoms with van der Waals surface area (Å²) in [6, 6.07) is 2.07. The predicted octanol–water partition coefficient (Wildman–Crippen LogP) is 3.20. The summed E-state index contributed by atoms with van der Waals surface area (Å²) >= 11 is 3.09. The highest BCUT2D eigenvalue weighted by molar-refractivity contribution is 9.08. The van der Waals surface area contributed by atoms with Crippen molar-refractivity contribution in [3.63, 3.8) is 0 Å². The van der Waals surface area contributed by atoms with E-state index in [9.17, 15) is 23.7 Å². The van der Waals surface area contributed by atoms with E-state index in [2.05, 4.69) is 20.7 Å². The molecule has 21 heavy (non-hydrogen) atoms. The quantitative estimate of drug-likeness (QED) is 0.320. The van der Waals surface area contributed by atoms with Crippen molar-refractivity contribution in [2.24, 2.45) is 0 Å². The van der Waals surface area contributed by atoms with Crippen LogP contribution in [0.25, 0.3) is 0 Å². The molecule has 1 aromatic rings. The first-order valence-corrected chi connectivity index (χ1v) is 6.97. The van der Waals surface area contributed by atoms with Crippen LogP contribution in [0.1, 0.15) is 18.1 Å². The van der Waals surface area contributed by atoms with Gasteiger partial charge in [0.2, 0.25) is 0 Å². The second-order valence-corrected chi connectivity index (χ2v) is 4.39. The Balaban J connectivity index is 3.26. The number of hydrogen-bond acceptors (Lipinski definition) is 5. The fourth-order valence-electron chi connectivity index (χ4n) is 1.70. The van der Waals surface area contributed by atoms with Crippen LogP contribution in [0, 0.1) is 10.1 Å². The van der Waals surface area contributed by atoms with Gasteiger partial charge in [-0.05, 0) is 18.6 Å². The molecular formula is C12H12BrF2NO5. The van der Waals surface area contributed by atoms with Crippen LogP contribution in [-0.4, -0.2) is 24.1 Å². The minimum absolute atomic E-state index is 0.0903. The lowest BCUT2D eigenvalue weighted by Gasteiger charge is -2.11. The van der Waals surface area contributed by atoms with Crippen molar-refractivity contribution in [1.82, 2.24) is 0 Å². The number of nitro benzene ring substituents is 1. The van der Waals surface area contributed by atoms with Gasteiger partial charge in [0.05, 0.1) is 24.0 Å². The van der Waals surface area contributed by atoms with Gasteiger partial charge in [-0.25, -0.2) is 0 Å². The number of carbonyl (C=O) groups excluding carboxylic acids is 1. The van der Waals surface area contributed by atoms with E-state index >= 15 is 0 Å². The molecule has 6 nitrogen and oxygen atoms in total. The normalized spacial score (nSPS) is 10.5. The molecule has 0 bridgehead atoms. The number of halogens is 3. The molecule has 0 fully saturated rings. The Bertz CT molecular complexity index is 539. The molecule has 0 aliphatic rings. The lowest BCUT2D eigenvalue weighted by Crippen LogP contribution is -2.11. The lowest BCUT2D eigenvalue weighted by molar-refractivity contribution is -0.385. The molecule has 9 heteroatoms. The minimum Gasteiger partial charge on any atom is -0.466 e. The van der Waals surface area contributed by atoms with E-state index in [0.717, 1.165) is 6.07 Å². The third kappa shape index (κ3) is 4.92. The van der Waals surface area contributed by atoms with E-state index < -0.39 is 23.2 Å². The van der Waals surface area contributed by atoms with Crippen molar-refractivity contribution in [3.05, 3.63) is 33.4 Å².